The molecule has 0 radical (unpaired) electrons. The lowest BCUT2D eigenvalue weighted by Crippen LogP contribution is -2.42. The average molecular weight is 343 g/mol. The molecule has 1 aliphatic heterocycles. The van der Waals surface area contributed by atoms with Crippen molar-refractivity contribution in [2.75, 3.05) is 0 Å². The summed E-state index contributed by atoms with van der Waals surface area (Å²) in [4.78, 5) is 17.2. The van der Waals surface area contributed by atoms with Crippen LogP contribution in [0.3, 0.4) is 0 Å². The fourth-order valence-electron chi connectivity index (χ4n) is 3.90. The molecule has 25 heavy (non-hydrogen) atoms. The number of hydrogen-bond donors (Lipinski definition) is 2. The van der Waals surface area contributed by atoms with Gasteiger partial charge >= 0.3 is 6.03 Å². The minimum Gasteiger partial charge on any atom is -0.331 e. The summed E-state index contributed by atoms with van der Waals surface area (Å²) in [6.07, 6.45) is 7.63. The van der Waals surface area contributed by atoms with Gasteiger partial charge in [0.1, 0.15) is 5.82 Å². The molecule has 2 aromatic heterocycles. The number of amides is 2. The first kappa shape index (κ1) is 16.1. The largest absolute Gasteiger partial charge is 0.331 e. The summed E-state index contributed by atoms with van der Waals surface area (Å²) in [5.41, 5.74) is 2.37. The van der Waals surface area contributed by atoms with Crippen LogP contribution in [0.15, 0.2) is 6.20 Å². The van der Waals surface area contributed by atoms with Crippen LogP contribution in [0.5, 0.6) is 0 Å². The molecule has 2 aromatic rings. The van der Waals surface area contributed by atoms with Gasteiger partial charge in [-0.3, -0.25) is 4.68 Å². The van der Waals surface area contributed by atoms with Crippen molar-refractivity contribution in [3.63, 3.8) is 0 Å². The first-order chi connectivity index (χ1) is 12.2. The number of urea groups is 1. The van der Waals surface area contributed by atoms with E-state index in [0.29, 0.717) is 0 Å². The number of fused-ring (bicyclic) bond motifs is 2. The summed E-state index contributed by atoms with van der Waals surface area (Å²) in [5.74, 6) is 1.72. The maximum atomic E-state index is 12.6. The SMILES string of the molecule is CCc1nc2n(n1)CCC[C@H]2NC(=O)N[C@H]1CCCc2c1cnn2C. The smallest absolute Gasteiger partial charge is 0.315 e. The van der Waals surface area contributed by atoms with E-state index in [1.165, 1.54) is 5.69 Å². The van der Waals surface area contributed by atoms with Gasteiger partial charge in [-0.05, 0) is 32.1 Å². The van der Waals surface area contributed by atoms with Crippen molar-refractivity contribution in [1.29, 1.82) is 0 Å². The van der Waals surface area contributed by atoms with Gasteiger partial charge in [0.2, 0.25) is 0 Å². The van der Waals surface area contributed by atoms with Crippen molar-refractivity contribution >= 4 is 6.03 Å². The Balaban J connectivity index is 1.45. The Bertz CT molecular complexity index is 778. The number of aryl methyl sites for hydroxylation is 3. The monoisotopic (exact) mass is 343 g/mol. The Hall–Kier alpha value is -2.38. The molecule has 0 bridgehead atoms. The topological polar surface area (TPSA) is 89.7 Å². The second kappa shape index (κ2) is 6.50. The van der Waals surface area contributed by atoms with Crippen LogP contribution < -0.4 is 10.6 Å². The van der Waals surface area contributed by atoms with Crippen molar-refractivity contribution < 1.29 is 4.79 Å². The number of aromatic nitrogens is 5. The van der Waals surface area contributed by atoms with Gasteiger partial charge in [-0.15, -0.1) is 0 Å². The number of nitrogens with one attached hydrogen (secondary N) is 2. The van der Waals surface area contributed by atoms with Crippen LogP contribution in [0.1, 0.15) is 67.6 Å². The molecule has 2 amide bonds. The van der Waals surface area contributed by atoms with Gasteiger partial charge in [0, 0.05) is 31.3 Å². The highest BCUT2D eigenvalue weighted by Gasteiger charge is 2.28. The molecule has 2 atom stereocenters. The van der Waals surface area contributed by atoms with E-state index in [1.807, 2.05) is 29.5 Å². The third kappa shape index (κ3) is 3.01. The van der Waals surface area contributed by atoms with Crippen LogP contribution >= 0.6 is 0 Å². The van der Waals surface area contributed by atoms with Crippen molar-refractivity contribution in [2.45, 2.75) is 64.1 Å². The molecular formula is C17H25N7O. The molecular weight excluding hydrogens is 318 g/mol. The van der Waals surface area contributed by atoms with Crippen LogP contribution in [0, 0.1) is 0 Å². The number of carbonyl (C=O) groups is 1. The van der Waals surface area contributed by atoms with Gasteiger partial charge in [-0.25, -0.2) is 14.5 Å². The molecule has 2 N–H and O–H groups in total. The molecule has 1 aliphatic carbocycles. The highest BCUT2D eigenvalue weighted by Crippen LogP contribution is 2.29. The zero-order valence-corrected chi connectivity index (χ0v) is 14.8. The van der Waals surface area contributed by atoms with Crippen molar-refractivity contribution in [3.8, 4) is 0 Å². The summed E-state index contributed by atoms with van der Waals surface area (Å²) < 4.78 is 3.85. The summed E-state index contributed by atoms with van der Waals surface area (Å²) in [7, 11) is 1.96. The molecule has 0 saturated heterocycles. The predicted octanol–water partition coefficient (Wildman–Crippen LogP) is 1.79. The minimum atomic E-state index is -0.138. The number of hydrogen-bond acceptors (Lipinski definition) is 4. The van der Waals surface area contributed by atoms with Crippen molar-refractivity contribution in [2.24, 2.45) is 7.05 Å². The number of nitrogens with zero attached hydrogens (tertiary/aromatic N) is 5. The first-order valence-corrected chi connectivity index (χ1v) is 9.17. The van der Waals surface area contributed by atoms with Crippen molar-refractivity contribution in [1.82, 2.24) is 35.2 Å². The minimum absolute atomic E-state index is 0.0325. The molecule has 8 heteroatoms. The van der Waals surface area contributed by atoms with E-state index in [-0.39, 0.29) is 18.1 Å². The van der Waals surface area contributed by atoms with E-state index in [0.717, 1.165) is 62.3 Å². The van der Waals surface area contributed by atoms with Crippen LogP contribution in [0.25, 0.3) is 0 Å². The van der Waals surface area contributed by atoms with Gasteiger partial charge in [-0.1, -0.05) is 6.92 Å². The number of rotatable bonds is 3. The summed E-state index contributed by atoms with van der Waals surface area (Å²) in [6.45, 7) is 2.93. The molecule has 0 unspecified atom stereocenters. The van der Waals surface area contributed by atoms with E-state index < -0.39 is 0 Å². The quantitative estimate of drug-likeness (QED) is 0.889. The predicted molar refractivity (Wildman–Crippen MR) is 91.9 cm³/mol. The normalized spacial score (nSPS) is 22.2. The zero-order chi connectivity index (χ0) is 17.4. The highest BCUT2D eigenvalue weighted by atomic mass is 16.2. The lowest BCUT2D eigenvalue weighted by molar-refractivity contribution is 0.227. The van der Waals surface area contributed by atoms with E-state index in [2.05, 4.69) is 25.8 Å². The lowest BCUT2D eigenvalue weighted by atomic mass is 9.93. The van der Waals surface area contributed by atoms with Gasteiger partial charge < -0.3 is 10.6 Å². The lowest BCUT2D eigenvalue weighted by Gasteiger charge is -2.27. The standard InChI is InChI=1S/C17H25N7O/c1-3-15-21-16-13(7-5-9-24(16)22-15)20-17(25)19-12-6-4-8-14-11(12)10-18-23(14)2/h10,12-13H,3-9H2,1-2H3,(H2,19,20,25)/t12-,13+/m0/s1. The Morgan fingerprint density at radius 1 is 1.28 bits per heavy atom. The summed E-state index contributed by atoms with van der Waals surface area (Å²) >= 11 is 0. The van der Waals surface area contributed by atoms with Crippen LogP contribution in [0.4, 0.5) is 4.79 Å². The number of carbonyl (C=O) groups excluding carboxylic acids is 1. The fraction of sp³-hybridized carbons (Fsp3) is 0.647. The van der Waals surface area contributed by atoms with Crippen LogP contribution in [-0.4, -0.2) is 30.6 Å². The Kier molecular flexibility index (Phi) is 4.19. The molecule has 0 aromatic carbocycles. The van der Waals surface area contributed by atoms with Crippen LogP contribution in [0.2, 0.25) is 0 Å². The maximum Gasteiger partial charge on any atom is 0.315 e. The van der Waals surface area contributed by atoms with Gasteiger partial charge in [0.25, 0.3) is 0 Å². The molecule has 4 rings (SSSR count). The Morgan fingerprint density at radius 2 is 2.08 bits per heavy atom. The van der Waals surface area contributed by atoms with Gasteiger partial charge in [-0.2, -0.15) is 10.2 Å². The average Bonchev–Trinajstić information content (AvgIpc) is 3.20. The molecule has 0 fully saturated rings. The Morgan fingerprint density at radius 3 is 2.92 bits per heavy atom. The molecule has 3 heterocycles. The summed E-state index contributed by atoms with van der Waals surface area (Å²) in [6, 6.07) is -0.176. The van der Waals surface area contributed by atoms with Gasteiger partial charge in [0.15, 0.2) is 5.82 Å². The third-order valence-electron chi connectivity index (χ3n) is 5.22. The van der Waals surface area contributed by atoms with Gasteiger partial charge in [0.05, 0.1) is 18.3 Å². The highest BCUT2D eigenvalue weighted by molar-refractivity contribution is 5.75. The Labute approximate surface area is 147 Å². The van der Waals surface area contributed by atoms with Crippen LogP contribution in [-0.2, 0) is 26.4 Å². The first-order valence-electron chi connectivity index (χ1n) is 9.17. The fourth-order valence-corrected chi connectivity index (χ4v) is 3.90. The molecule has 134 valence electrons. The maximum absolute atomic E-state index is 12.6. The van der Waals surface area contributed by atoms with E-state index in [1.54, 1.807) is 0 Å². The second-order valence-electron chi connectivity index (χ2n) is 6.89. The van der Waals surface area contributed by atoms with Crippen molar-refractivity contribution in [3.05, 3.63) is 29.1 Å². The molecule has 0 saturated carbocycles. The molecule has 8 nitrogen and oxygen atoms in total. The van der Waals surface area contributed by atoms with E-state index in [4.69, 9.17) is 0 Å². The van der Waals surface area contributed by atoms with E-state index in [9.17, 15) is 4.79 Å². The molecule has 2 aliphatic rings. The summed E-state index contributed by atoms with van der Waals surface area (Å²) in [5, 5.41) is 15.1. The molecule has 0 spiro atoms. The third-order valence-corrected chi connectivity index (χ3v) is 5.22. The zero-order valence-electron chi connectivity index (χ0n) is 14.8. The second-order valence-corrected chi connectivity index (χ2v) is 6.89. The van der Waals surface area contributed by atoms with E-state index >= 15 is 0 Å².